The molecule has 2 aliphatic rings. The maximum atomic E-state index is 4.52. The van der Waals surface area contributed by atoms with E-state index in [1.54, 1.807) is 0 Å². The summed E-state index contributed by atoms with van der Waals surface area (Å²) in [5.41, 5.74) is 1.30. The molecule has 1 saturated carbocycles. The van der Waals surface area contributed by atoms with Crippen molar-refractivity contribution in [2.45, 2.75) is 64.2 Å². The maximum absolute atomic E-state index is 4.52. The van der Waals surface area contributed by atoms with E-state index >= 15 is 0 Å². The zero-order valence-electron chi connectivity index (χ0n) is 16.1. The van der Waals surface area contributed by atoms with Crippen LogP contribution in [0.4, 0.5) is 0 Å². The first-order valence-corrected chi connectivity index (χ1v) is 10.2. The Morgan fingerprint density at radius 3 is 2.62 bits per heavy atom. The van der Waals surface area contributed by atoms with Gasteiger partial charge in [0, 0.05) is 31.7 Å². The highest BCUT2D eigenvalue weighted by atomic mass is 15.3. The lowest BCUT2D eigenvalue weighted by Crippen LogP contribution is -2.57. The van der Waals surface area contributed by atoms with E-state index in [9.17, 15) is 0 Å². The molecule has 26 heavy (non-hydrogen) atoms. The third-order valence-corrected chi connectivity index (χ3v) is 6.22. The zero-order valence-corrected chi connectivity index (χ0v) is 16.1. The van der Waals surface area contributed by atoms with Gasteiger partial charge in [0.15, 0.2) is 5.82 Å². The van der Waals surface area contributed by atoms with Gasteiger partial charge in [0.25, 0.3) is 0 Å². The van der Waals surface area contributed by atoms with E-state index in [0.29, 0.717) is 12.1 Å². The molecule has 1 unspecified atom stereocenters. The summed E-state index contributed by atoms with van der Waals surface area (Å²) in [6, 6.07) is 12.4. The van der Waals surface area contributed by atoms with E-state index in [4.69, 9.17) is 0 Å². The molecule has 2 fully saturated rings. The number of piperazine rings is 1. The largest absolute Gasteiger partial charge is 0.312 e. The summed E-state index contributed by atoms with van der Waals surface area (Å²) in [6.45, 7) is 8.97. The van der Waals surface area contributed by atoms with E-state index in [-0.39, 0.29) is 0 Å². The molecule has 0 radical (unpaired) electrons. The molecule has 2 atom stereocenters. The van der Waals surface area contributed by atoms with E-state index in [1.165, 1.54) is 31.4 Å². The van der Waals surface area contributed by atoms with Crippen LogP contribution in [0.25, 0.3) is 0 Å². The molecule has 0 bridgehead atoms. The van der Waals surface area contributed by atoms with Crippen molar-refractivity contribution in [3.05, 3.63) is 48.0 Å². The number of hydrogen-bond donors (Lipinski definition) is 0. The van der Waals surface area contributed by atoms with Crippen LogP contribution < -0.4 is 0 Å². The van der Waals surface area contributed by atoms with E-state index in [2.05, 4.69) is 68.7 Å². The molecule has 5 heteroatoms. The Labute approximate surface area is 157 Å². The molecular weight excluding hydrogens is 322 g/mol. The average molecular weight is 354 g/mol. The SMILES string of the molecule is CCC(c1nncn1Cc1ccccc1)N1CCN(C2CCC2)[C@H](C)C1. The fourth-order valence-electron chi connectivity index (χ4n) is 4.57. The van der Waals surface area contributed by atoms with Crippen molar-refractivity contribution in [3.63, 3.8) is 0 Å². The lowest BCUT2D eigenvalue weighted by Gasteiger charge is -2.48. The van der Waals surface area contributed by atoms with E-state index in [1.807, 2.05) is 6.33 Å². The summed E-state index contributed by atoms with van der Waals surface area (Å²) >= 11 is 0. The molecule has 0 N–H and O–H groups in total. The Kier molecular flexibility index (Phi) is 5.36. The highest BCUT2D eigenvalue weighted by Gasteiger charge is 2.35. The van der Waals surface area contributed by atoms with Crippen molar-refractivity contribution in [2.24, 2.45) is 0 Å². The fourth-order valence-corrected chi connectivity index (χ4v) is 4.57. The Morgan fingerprint density at radius 1 is 1.15 bits per heavy atom. The van der Waals surface area contributed by atoms with Crippen LogP contribution in [-0.2, 0) is 6.54 Å². The fraction of sp³-hybridized carbons (Fsp3) is 0.619. The number of hydrogen-bond acceptors (Lipinski definition) is 4. The quantitative estimate of drug-likeness (QED) is 0.798. The molecule has 4 rings (SSSR count). The molecule has 1 aliphatic heterocycles. The molecule has 1 aromatic carbocycles. The number of nitrogens with zero attached hydrogens (tertiary/aromatic N) is 5. The third-order valence-electron chi connectivity index (χ3n) is 6.22. The first-order valence-electron chi connectivity index (χ1n) is 10.2. The lowest BCUT2D eigenvalue weighted by molar-refractivity contribution is 0.000982. The maximum Gasteiger partial charge on any atom is 0.150 e. The van der Waals surface area contributed by atoms with E-state index < -0.39 is 0 Å². The van der Waals surface area contributed by atoms with Crippen LogP contribution in [0.2, 0.25) is 0 Å². The molecule has 140 valence electrons. The van der Waals surface area contributed by atoms with Crippen molar-refractivity contribution in [1.29, 1.82) is 0 Å². The zero-order chi connectivity index (χ0) is 17.9. The molecule has 1 aromatic heterocycles. The molecule has 2 heterocycles. The molecule has 2 aromatic rings. The minimum absolute atomic E-state index is 0.354. The molecule has 1 saturated heterocycles. The summed E-state index contributed by atoms with van der Waals surface area (Å²) in [6.07, 6.45) is 7.17. The van der Waals surface area contributed by atoms with Gasteiger partial charge in [-0.25, -0.2) is 0 Å². The Morgan fingerprint density at radius 2 is 1.96 bits per heavy atom. The lowest BCUT2D eigenvalue weighted by atomic mass is 9.89. The topological polar surface area (TPSA) is 37.2 Å². The van der Waals surface area contributed by atoms with Crippen LogP contribution >= 0.6 is 0 Å². The normalized spacial score (nSPS) is 23.7. The summed E-state index contributed by atoms with van der Waals surface area (Å²) in [5, 5.41) is 8.77. The first kappa shape index (κ1) is 17.7. The minimum Gasteiger partial charge on any atom is -0.312 e. The second kappa shape index (κ2) is 7.89. The van der Waals surface area contributed by atoms with Gasteiger partial charge in [-0.2, -0.15) is 0 Å². The van der Waals surface area contributed by atoms with Crippen LogP contribution in [-0.4, -0.2) is 56.3 Å². The van der Waals surface area contributed by atoms with Crippen molar-refractivity contribution in [1.82, 2.24) is 24.6 Å². The standard InChI is InChI=1S/C21H31N5/c1-3-20(24-12-13-26(17(2)14-24)19-10-7-11-19)21-23-22-16-25(21)15-18-8-5-4-6-9-18/h4-6,8-9,16-17,19-20H,3,7,10-15H2,1-2H3/t17-,20?/m1/s1. The number of rotatable bonds is 6. The number of aromatic nitrogens is 3. The summed E-state index contributed by atoms with van der Waals surface area (Å²) in [7, 11) is 0. The van der Waals surface area contributed by atoms with Gasteiger partial charge >= 0.3 is 0 Å². The van der Waals surface area contributed by atoms with Crippen LogP contribution in [0.1, 0.15) is 57.0 Å². The molecule has 0 amide bonds. The van der Waals surface area contributed by atoms with Gasteiger partial charge < -0.3 is 4.57 Å². The van der Waals surface area contributed by atoms with Gasteiger partial charge in [-0.3, -0.25) is 9.80 Å². The van der Waals surface area contributed by atoms with Gasteiger partial charge in [-0.15, -0.1) is 10.2 Å². The van der Waals surface area contributed by atoms with Gasteiger partial charge in [0.2, 0.25) is 0 Å². The van der Waals surface area contributed by atoms with Gasteiger partial charge in [-0.05, 0) is 31.7 Å². The predicted octanol–water partition coefficient (Wildman–Crippen LogP) is 3.34. The van der Waals surface area contributed by atoms with Gasteiger partial charge in [-0.1, -0.05) is 43.7 Å². The smallest absolute Gasteiger partial charge is 0.150 e. The van der Waals surface area contributed by atoms with Crippen molar-refractivity contribution >= 4 is 0 Å². The van der Waals surface area contributed by atoms with Gasteiger partial charge in [0.05, 0.1) is 12.6 Å². The van der Waals surface area contributed by atoms with Crippen molar-refractivity contribution < 1.29 is 0 Å². The monoisotopic (exact) mass is 353 g/mol. The highest BCUT2D eigenvalue weighted by molar-refractivity contribution is 5.16. The Balaban J connectivity index is 1.47. The number of benzene rings is 1. The molecular formula is C21H31N5. The predicted molar refractivity (Wildman–Crippen MR) is 104 cm³/mol. The highest BCUT2D eigenvalue weighted by Crippen LogP contribution is 2.31. The van der Waals surface area contributed by atoms with Crippen molar-refractivity contribution in [2.75, 3.05) is 19.6 Å². The second-order valence-electron chi connectivity index (χ2n) is 7.89. The third kappa shape index (κ3) is 3.55. The van der Waals surface area contributed by atoms with Crippen molar-refractivity contribution in [3.8, 4) is 0 Å². The van der Waals surface area contributed by atoms with Crippen LogP contribution in [0.3, 0.4) is 0 Å². The van der Waals surface area contributed by atoms with Crippen LogP contribution in [0.5, 0.6) is 0 Å². The molecule has 1 aliphatic carbocycles. The van der Waals surface area contributed by atoms with Crippen LogP contribution in [0.15, 0.2) is 36.7 Å². The average Bonchev–Trinajstić information content (AvgIpc) is 3.05. The van der Waals surface area contributed by atoms with E-state index in [0.717, 1.165) is 37.9 Å². The van der Waals surface area contributed by atoms with Gasteiger partial charge in [0.1, 0.15) is 6.33 Å². The van der Waals surface area contributed by atoms with Crippen LogP contribution in [0, 0.1) is 0 Å². The minimum atomic E-state index is 0.354. The summed E-state index contributed by atoms with van der Waals surface area (Å²) in [5.74, 6) is 1.11. The summed E-state index contributed by atoms with van der Waals surface area (Å²) < 4.78 is 2.23. The molecule has 5 nitrogen and oxygen atoms in total. The Hall–Kier alpha value is -1.72. The summed E-state index contributed by atoms with van der Waals surface area (Å²) in [4.78, 5) is 5.37. The Bertz CT molecular complexity index is 693. The molecule has 0 spiro atoms. The first-order chi connectivity index (χ1) is 12.8. The second-order valence-corrected chi connectivity index (χ2v) is 7.89.